The lowest BCUT2D eigenvalue weighted by Crippen LogP contribution is -2.28. The molecular weight excluding hydrogens is 276 g/mol. The molecule has 102 valence electrons. The Morgan fingerprint density at radius 1 is 1.44 bits per heavy atom. The van der Waals surface area contributed by atoms with Crippen molar-refractivity contribution in [3.05, 3.63) is 18.2 Å². The largest absolute Gasteiger partial charge is 0.506 e. The van der Waals surface area contributed by atoms with Gasteiger partial charge in [0.15, 0.2) is 0 Å². The van der Waals surface area contributed by atoms with E-state index < -0.39 is 20.8 Å². The Labute approximate surface area is 109 Å². The molecule has 0 saturated heterocycles. The second kappa shape index (κ2) is 6.17. The van der Waals surface area contributed by atoms with Crippen LogP contribution in [0, 0.1) is 0 Å². The molecule has 0 aromatic heterocycles. The van der Waals surface area contributed by atoms with Crippen LogP contribution >= 0.6 is 0 Å². The maximum Gasteiger partial charge on any atom is 0.240 e. The van der Waals surface area contributed by atoms with Crippen LogP contribution in [0.25, 0.3) is 0 Å². The quantitative estimate of drug-likeness (QED) is 0.506. The summed E-state index contributed by atoms with van der Waals surface area (Å²) >= 11 is 0. The van der Waals surface area contributed by atoms with Gasteiger partial charge in [-0.1, -0.05) is 6.92 Å². The lowest BCUT2D eigenvalue weighted by molar-refractivity contribution is 0.477. The van der Waals surface area contributed by atoms with Crippen LogP contribution in [0.4, 0.5) is 5.69 Å². The molecule has 0 aliphatic rings. The first-order chi connectivity index (χ1) is 8.36. The Balaban J connectivity index is 2.74. The standard InChI is InChI=1S/C10H16N2O4S2/c1-2-17(14)6-5-12-18(15,16)8-3-4-10(13)9(11)7-8/h3-4,7,12-13H,2,5-6,11H2,1H3. The van der Waals surface area contributed by atoms with Crippen LogP contribution in [-0.2, 0) is 20.8 Å². The molecule has 0 amide bonds. The summed E-state index contributed by atoms with van der Waals surface area (Å²) in [7, 11) is -4.70. The third-order valence-electron chi connectivity index (χ3n) is 2.25. The Morgan fingerprint density at radius 2 is 2.11 bits per heavy atom. The van der Waals surface area contributed by atoms with E-state index in [1.54, 1.807) is 6.92 Å². The fourth-order valence-electron chi connectivity index (χ4n) is 1.22. The SMILES string of the molecule is CCS(=O)CCNS(=O)(=O)c1ccc(O)c(N)c1. The molecule has 0 bridgehead atoms. The highest BCUT2D eigenvalue weighted by atomic mass is 32.2. The van der Waals surface area contributed by atoms with Crippen LogP contribution in [0.2, 0.25) is 0 Å². The molecule has 1 aromatic rings. The molecule has 0 heterocycles. The number of benzene rings is 1. The number of aromatic hydroxyl groups is 1. The predicted molar refractivity (Wildman–Crippen MR) is 71.3 cm³/mol. The van der Waals surface area contributed by atoms with Gasteiger partial charge in [0, 0.05) is 28.9 Å². The summed E-state index contributed by atoms with van der Waals surface area (Å²) < 4.78 is 37.1. The van der Waals surface area contributed by atoms with Gasteiger partial charge < -0.3 is 10.8 Å². The zero-order chi connectivity index (χ0) is 13.8. The second-order valence-electron chi connectivity index (χ2n) is 3.55. The number of phenols is 1. The number of rotatable bonds is 6. The molecule has 0 spiro atoms. The van der Waals surface area contributed by atoms with Crippen LogP contribution in [-0.4, -0.2) is 35.8 Å². The third kappa shape index (κ3) is 3.97. The number of nitrogens with two attached hydrogens (primary N) is 1. The molecule has 0 saturated carbocycles. The number of nitrogen functional groups attached to an aromatic ring is 1. The monoisotopic (exact) mass is 292 g/mol. The normalized spacial score (nSPS) is 13.4. The van der Waals surface area contributed by atoms with Gasteiger partial charge >= 0.3 is 0 Å². The van der Waals surface area contributed by atoms with Crippen molar-refractivity contribution in [2.45, 2.75) is 11.8 Å². The van der Waals surface area contributed by atoms with Crippen molar-refractivity contribution >= 4 is 26.5 Å². The number of phenolic OH excluding ortho intramolecular Hbond substituents is 1. The van der Waals surface area contributed by atoms with E-state index in [2.05, 4.69) is 4.72 Å². The highest BCUT2D eigenvalue weighted by Gasteiger charge is 2.15. The minimum Gasteiger partial charge on any atom is -0.506 e. The van der Waals surface area contributed by atoms with Crippen molar-refractivity contribution in [2.24, 2.45) is 0 Å². The average Bonchev–Trinajstić information content (AvgIpc) is 2.32. The summed E-state index contributed by atoms with van der Waals surface area (Å²) in [5, 5.41) is 9.21. The first-order valence-electron chi connectivity index (χ1n) is 5.30. The lowest BCUT2D eigenvalue weighted by atomic mass is 10.3. The number of hydrogen-bond acceptors (Lipinski definition) is 5. The van der Waals surface area contributed by atoms with Crippen LogP contribution in [0.1, 0.15) is 6.92 Å². The van der Waals surface area contributed by atoms with Crippen LogP contribution in [0.15, 0.2) is 23.1 Å². The van der Waals surface area contributed by atoms with E-state index in [1.165, 1.54) is 18.2 Å². The summed E-state index contributed by atoms with van der Waals surface area (Å²) in [6, 6.07) is 3.65. The molecule has 18 heavy (non-hydrogen) atoms. The van der Waals surface area contributed by atoms with Gasteiger partial charge in [0.25, 0.3) is 0 Å². The van der Waals surface area contributed by atoms with Crippen molar-refractivity contribution in [1.82, 2.24) is 4.72 Å². The van der Waals surface area contributed by atoms with Gasteiger partial charge in [-0.3, -0.25) is 4.21 Å². The van der Waals surface area contributed by atoms with Gasteiger partial charge in [0.1, 0.15) is 5.75 Å². The molecule has 0 fully saturated rings. The van der Waals surface area contributed by atoms with E-state index in [0.29, 0.717) is 5.75 Å². The molecule has 1 rings (SSSR count). The minimum atomic E-state index is -3.68. The van der Waals surface area contributed by atoms with Crippen molar-refractivity contribution in [1.29, 1.82) is 0 Å². The molecule has 0 aliphatic carbocycles. The Morgan fingerprint density at radius 3 is 2.67 bits per heavy atom. The molecule has 8 heteroatoms. The summed E-state index contributed by atoms with van der Waals surface area (Å²) in [6.45, 7) is 1.87. The number of hydrogen-bond donors (Lipinski definition) is 3. The van der Waals surface area contributed by atoms with E-state index >= 15 is 0 Å². The zero-order valence-electron chi connectivity index (χ0n) is 9.92. The molecule has 0 radical (unpaired) electrons. The summed E-state index contributed by atoms with van der Waals surface area (Å²) in [6.07, 6.45) is 0. The van der Waals surface area contributed by atoms with Gasteiger partial charge in [-0.2, -0.15) is 0 Å². The number of anilines is 1. The first kappa shape index (κ1) is 14.9. The van der Waals surface area contributed by atoms with Crippen molar-refractivity contribution in [2.75, 3.05) is 23.8 Å². The van der Waals surface area contributed by atoms with Gasteiger partial charge in [0.05, 0.1) is 10.6 Å². The van der Waals surface area contributed by atoms with Crippen molar-refractivity contribution in [3.63, 3.8) is 0 Å². The van der Waals surface area contributed by atoms with E-state index in [4.69, 9.17) is 5.73 Å². The van der Waals surface area contributed by atoms with E-state index in [9.17, 15) is 17.7 Å². The van der Waals surface area contributed by atoms with E-state index in [-0.39, 0.29) is 28.6 Å². The predicted octanol–water partition coefficient (Wildman–Crippen LogP) is 0.0213. The van der Waals surface area contributed by atoms with Crippen LogP contribution in [0.3, 0.4) is 0 Å². The topological polar surface area (TPSA) is 109 Å². The Bertz CT molecular complexity index is 543. The molecule has 4 N–H and O–H groups in total. The number of sulfonamides is 1. The number of nitrogens with one attached hydrogen (secondary N) is 1. The van der Waals surface area contributed by atoms with Gasteiger partial charge in [0.2, 0.25) is 10.0 Å². The van der Waals surface area contributed by atoms with Crippen molar-refractivity contribution < 1.29 is 17.7 Å². The summed E-state index contributed by atoms with van der Waals surface area (Å²) in [5.41, 5.74) is 5.42. The van der Waals surface area contributed by atoms with Gasteiger partial charge in [-0.15, -0.1) is 0 Å². The molecule has 1 atom stereocenters. The maximum atomic E-state index is 11.8. The second-order valence-corrected chi connectivity index (χ2v) is 7.18. The van der Waals surface area contributed by atoms with Gasteiger partial charge in [-0.25, -0.2) is 13.1 Å². The highest BCUT2D eigenvalue weighted by molar-refractivity contribution is 7.89. The lowest BCUT2D eigenvalue weighted by Gasteiger charge is -2.07. The smallest absolute Gasteiger partial charge is 0.240 e. The first-order valence-corrected chi connectivity index (χ1v) is 8.27. The molecule has 1 unspecified atom stereocenters. The fraction of sp³-hybridized carbons (Fsp3) is 0.400. The molecular formula is C10H16N2O4S2. The maximum absolute atomic E-state index is 11.8. The van der Waals surface area contributed by atoms with E-state index in [0.717, 1.165) is 0 Å². The van der Waals surface area contributed by atoms with E-state index in [1.807, 2.05) is 0 Å². The van der Waals surface area contributed by atoms with Crippen molar-refractivity contribution in [3.8, 4) is 5.75 Å². The Kier molecular flexibility index (Phi) is 5.12. The van der Waals surface area contributed by atoms with Crippen LogP contribution in [0.5, 0.6) is 5.75 Å². The summed E-state index contributed by atoms with van der Waals surface area (Å²) in [4.78, 5) is -0.0277. The molecule has 6 nitrogen and oxygen atoms in total. The minimum absolute atomic E-state index is 0.00462. The zero-order valence-corrected chi connectivity index (χ0v) is 11.6. The fourth-order valence-corrected chi connectivity index (χ4v) is 3.03. The average molecular weight is 292 g/mol. The highest BCUT2D eigenvalue weighted by Crippen LogP contribution is 2.22. The molecule has 1 aromatic carbocycles. The van der Waals surface area contributed by atoms with Crippen LogP contribution < -0.4 is 10.5 Å². The summed E-state index contributed by atoms with van der Waals surface area (Å²) in [5.74, 6) is 0.595. The Hall–Kier alpha value is -1.12. The third-order valence-corrected chi connectivity index (χ3v) is 5.02. The van der Waals surface area contributed by atoms with Gasteiger partial charge in [-0.05, 0) is 18.2 Å². The molecule has 0 aliphatic heterocycles.